The Morgan fingerprint density at radius 1 is 1.50 bits per heavy atom. The largest absolute Gasteiger partial charge is 0.454 e. The SMILES string of the molecule is C=C/C=c1/oc2cccnc2/c1=C/C. The Hall–Kier alpha value is -1.83. The van der Waals surface area contributed by atoms with Crippen LogP contribution in [-0.4, -0.2) is 4.98 Å². The van der Waals surface area contributed by atoms with Gasteiger partial charge in [-0.05, 0) is 25.1 Å². The van der Waals surface area contributed by atoms with E-state index < -0.39 is 0 Å². The van der Waals surface area contributed by atoms with E-state index in [4.69, 9.17) is 4.42 Å². The number of fused-ring (bicyclic) bond motifs is 1. The van der Waals surface area contributed by atoms with E-state index in [1.165, 1.54) is 0 Å². The molecule has 2 aromatic heterocycles. The van der Waals surface area contributed by atoms with E-state index in [-0.39, 0.29) is 0 Å². The van der Waals surface area contributed by atoms with E-state index in [1.54, 1.807) is 12.3 Å². The van der Waals surface area contributed by atoms with Crippen molar-refractivity contribution in [2.75, 3.05) is 0 Å². The molecule has 0 saturated carbocycles. The summed E-state index contributed by atoms with van der Waals surface area (Å²) in [6.45, 7) is 5.62. The van der Waals surface area contributed by atoms with E-state index in [0.29, 0.717) is 0 Å². The summed E-state index contributed by atoms with van der Waals surface area (Å²) < 4.78 is 5.61. The van der Waals surface area contributed by atoms with E-state index in [0.717, 1.165) is 21.7 Å². The molecule has 2 heterocycles. The molecule has 0 aromatic carbocycles. The number of rotatable bonds is 1. The molecule has 0 unspecified atom stereocenters. The molecular weight excluding hydrogens is 174 g/mol. The molecule has 14 heavy (non-hydrogen) atoms. The predicted molar refractivity (Wildman–Crippen MR) is 58.1 cm³/mol. The van der Waals surface area contributed by atoms with Gasteiger partial charge in [-0.2, -0.15) is 0 Å². The zero-order valence-corrected chi connectivity index (χ0v) is 8.03. The van der Waals surface area contributed by atoms with Crippen LogP contribution in [0.25, 0.3) is 23.3 Å². The number of hydrogen-bond acceptors (Lipinski definition) is 2. The molecule has 0 radical (unpaired) electrons. The molecule has 0 spiro atoms. The van der Waals surface area contributed by atoms with Crippen molar-refractivity contribution in [2.24, 2.45) is 0 Å². The topological polar surface area (TPSA) is 26.0 Å². The first-order chi connectivity index (χ1) is 6.86. The highest BCUT2D eigenvalue weighted by Crippen LogP contribution is 2.02. The Morgan fingerprint density at radius 3 is 3.07 bits per heavy atom. The first-order valence-corrected chi connectivity index (χ1v) is 4.49. The van der Waals surface area contributed by atoms with Crippen molar-refractivity contribution >= 4 is 23.3 Å². The lowest BCUT2D eigenvalue weighted by atomic mass is 10.3. The van der Waals surface area contributed by atoms with Crippen molar-refractivity contribution in [2.45, 2.75) is 6.92 Å². The molecule has 2 nitrogen and oxygen atoms in total. The van der Waals surface area contributed by atoms with Crippen LogP contribution in [0.2, 0.25) is 0 Å². The van der Waals surface area contributed by atoms with Crippen LogP contribution < -0.4 is 10.6 Å². The minimum atomic E-state index is 0.814. The second-order valence-corrected chi connectivity index (χ2v) is 2.92. The fourth-order valence-electron chi connectivity index (χ4n) is 1.48. The third-order valence-electron chi connectivity index (χ3n) is 2.07. The standard InChI is InChI=1S/C12H11NO/c1-3-6-10-9(4-2)12-11(14-10)7-5-8-13-12/h3-8H,1H2,2H3/b9-4+,10-6+. The molecular formula is C12H11NO. The molecule has 0 aliphatic heterocycles. The lowest BCUT2D eigenvalue weighted by Gasteiger charge is -1.82. The number of aromatic nitrogens is 1. The van der Waals surface area contributed by atoms with E-state index in [9.17, 15) is 0 Å². The molecule has 2 heteroatoms. The fraction of sp³-hybridized carbons (Fsp3) is 0.0833. The van der Waals surface area contributed by atoms with Gasteiger partial charge in [0.1, 0.15) is 10.9 Å². The normalized spacial score (nSPS) is 13.8. The molecule has 2 aromatic rings. The smallest absolute Gasteiger partial charge is 0.153 e. The molecule has 0 bridgehead atoms. The van der Waals surface area contributed by atoms with Crippen LogP contribution in [0.4, 0.5) is 0 Å². The van der Waals surface area contributed by atoms with Crippen molar-refractivity contribution in [1.82, 2.24) is 4.98 Å². The van der Waals surface area contributed by atoms with Crippen molar-refractivity contribution in [3.63, 3.8) is 0 Å². The summed E-state index contributed by atoms with van der Waals surface area (Å²) in [4.78, 5) is 4.28. The van der Waals surface area contributed by atoms with Gasteiger partial charge in [0.05, 0.1) is 0 Å². The average molecular weight is 185 g/mol. The van der Waals surface area contributed by atoms with Gasteiger partial charge < -0.3 is 4.42 Å². The zero-order chi connectivity index (χ0) is 9.97. The summed E-state index contributed by atoms with van der Waals surface area (Å²) in [6, 6.07) is 3.78. The van der Waals surface area contributed by atoms with Gasteiger partial charge in [0.2, 0.25) is 0 Å². The monoisotopic (exact) mass is 185 g/mol. The summed E-state index contributed by atoms with van der Waals surface area (Å²) >= 11 is 0. The Bertz CT molecular complexity index is 578. The number of nitrogens with zero attached hydrogens (tertiary/aromatic N) is 1. The Kier molecular flexibility index (Phi) is 2.19. The number of pyridine rings is 1. The van der Waals surface area contributed by atoms with Crippen molar-refractivity contribution in [3.05, 3.63) is 41.6 Å². The molecule has 0 amide bonds. The third kappa shape index (κ3) is 1.25. The van der Waals surface area contributed by atoms with Gasteiger partial charge in [0.25, 0.3) is 0 Å². The van der Waals surface area contributed by atoms with Gasteiger partial charge in [-0.25, -0.2) is 0 Å². The van der Waals surface area contributed by atoms with Crippen LogP contribution in [0, 0.1) is 0 Å². The minimum absolute atomic E-state index is 0.814. The van der Waals surface area contributed by atoms with Crippen LogP contribution in [-0.2, 0) is 0 Å². The average Bonchev–Trinajstić information content (AvgIpc) is 2.55. The molecule has 2 rings (SSSR count). The summed E-state index contributed by atoms with van der Waals surface area (Å²) in [7, 11) is 0. The van der Waals surface area contributed by atoms with Crippen molar-refractivity contribution in [1.29, 1.82) is 0 Å². The van der Waals surface area contributed by atoms with Crippen LogP contribution in [0.3, 0.4) is 0 Å². The van der Waals surface area contributed by atoms with Gasteiger partial charge in [0, 0.05) is 11.4 Å². The second-order valence-electron chi connectivity index (χ2n) is 2.92. The number of furan rings is 1. The highest BCUT2D eigenvalue weighted by Gasteiger charge is 2.00. The number of allylic oxidation sites excluding steroid dienone is 1. The highest BCUT2D eigenvalue weighted by molar-refractivity contribution is 5.74. The molecule has 0 atom stereocenters. The summed E-state index contributed by atoms with van der Waals surface area (Å²) in [6.07, 6.45) is 7.32. The molecule has 0 fully saturated rings. The van der Waals surface area contributed by atoms with Crippen LogP contribution in [0.15, 0.2) is 35.4 Å². The Morgan fingerprint density at radius 2 is 2.36 bits per heavy atom. The van der Waals surface area contributed by atoms with E-state index in [2.05, 4.69) is 11.6 Å². The summed E-state index contributed by atoms with van der Waals surface area (Å²) in [5.74, 6) is 0. The van der Waals surface area contributed by atoms with Gasteiger partial charge in [-0.3, -0.25) is 4.98 Å². The molecule has 70 valence electrons. The van der Waals surface area contributed by atoms with Gasteiger partial charge in [0.15, 0.2) is 5.58 Å². The maximum absolute atomic E-state index is 5.61. The zero-order valence-electron chi connectivity index (χ0n) is 8.03. The van der Waals surface area contributed by atoms with Crippen LogP contribution in [0.5, 0.6) is 0 Å². The van der Waals surface area contributed by atoms with Gasteiger partial charge >= 0.3 is 0 Å². The lowest BCUT2D eigenvalue weighted by molar-refractivity contribution is 0.575. The third-order valence-corrected chi connectivity index (χ3v) is 2.07. The van der Waals surface area contributed by atoms with E-state index in [1.807, 2.05) is 31.2 Å². The second kappa shape index (κ2) is 3.50. The van der Waals surface area contributed by atoms with Crippen LogP contribution in [0.1, 0.15) is 6.92 Å². The summed E-state index contributed by atoms with van der Waals surface area (Å²) in [5, 5.41) is 1.03. The lowest BCUT2D eigenvalue weighted by Crippen LogP contribution is -2.19. The van der Waals surface area contributed by atoms with Gasteiger partial charge in [-0.15, -0.1) is 0 Å². The van der Waals surface area contributed by atoms with E-state index >= 15 is 0 Å². The minimum Gasteiger partial charge on any atom is -0.454 e. The molecule has 0 aliphatic rings. The van der Waals surface area contributed by atoms with Crippen LogP contribution >= 0.6 is 0 Å². The highest BCUT2D eigenvalue weighted by atomic mass is 16.3. The molecule has 0 saturated heterocycles. The maximum atomic E-state index is 5.61. The molecule has 0 aliphatic carbocycles. The molecule has 0 N–H and O–H groups in total. The fourth-order valence-corrected chi connectivity index (χ4v) is 1.48. The van der Waals surface area contributed by atoms with Crippen molar-refractivity contribution in [3.8, 4) is 0 Å². The Labute approximate surface area is 81.9 Å². The predicted octanol–water partition coefficient (Wildman–Crippen LogP) is 1.59. The summed E-state index contributed by atoms with van der Waals surface area (Å²) in [5.41, 5.74) is 2.54. The first-order valence-electron chi connectivity index (χ1n) is 4.49. The quantitative estimate of drug-likeness (QED) is 0.674. The number of hydrogen-bond donors (Lipinski definition) is 0. The first kappa shape index (κ1) is 8.75. The van der Waals surface area contributed by atoms with Crippen molar-refractivity contribution < 1.29 is 4.42 Å². The maximum Gasteiger partial charge on any atom is 0.153 e. The Balaban J connectivity index is 3.01. The van der Waals surface area contributed by atoms with Gasteiger partial charge in [-0.1, -0.05) is 18.7 Å².